The van der Waals surface area contributed by atoms with Crippen molar-refractivity contribution >= 4 is 22.8 Å². The number of aliphatic carboxylic acids is 1. The number of ether oxygens (including phenoxy) is 1. The van der Waals surface area contributed by atoms with Gasteiger partial charge in [0.2, 0.25) is 0 Å². The highest BCUT2D eigenvalue weighted by molar-refractivity contribution is 6.07. The van der Waals surface area contributed by atoms with Crippen molar-refractivity contribution in [2.45, 2.75) is 13.5 Å². The normalized spacial score (nSPS) is 10.8. The molecule has 6 nitrogen and oxygen atoms in total. The van der Waals surface area contributed by atoms with E-state index in [2.05, 4.69) is 0 Å². The zero-order valence-electron chi connectivity index (χ0n) is 12.8. The summed E-state index contributed by atoms with van der Waals surface area (Å²) in [6, 6.07) is 7.62. The van der Waals surface area contributed by atoms with Gasteiger partial charge in [-0.3, -0.25) is 9.59 Å². The van der Waals surface area contributed by atoms with Crippen LogP contribution >= 0.6 is 0 Å². The highest BCUT2D eigenvalue weighted by Crippen LogP contribution is 2.22. The molecule has 0 aliphatic heterocycles. The number of carbonyl (C=O) groups is 2. The first-order chi connectivity index (χ1) is 10.6. The second-order valence-electron chi connectivity index (χ2n) is 4.96. The van der Waals surface area contributed by atoms with Crippen LogP contribution in [0, 0.1) is 0 Å². The van der Waals surface area contributed by atoms with Crippen LogP contribution < -0.4 is 0 Å². The molecule has 1 aromatic heterocycles. The van der Waals surface area contributed by atoms with E-state index in [1.165, 1.54) is 12.0 Å². The lowest BCUT2D eigenvalue weighted by Crippen LogP contribution is -2.37. The van der Waals surface area contributed by atoms with E-state index in [-0.39, 0.29) is 19.0 Å². The van der Waals surface area contributed by atoms with Crippen LogP contribution in [-0.4, -0.2) is 53.3 Å². The van der Waals surface area contributed by atoms with Crippen LogP contribution in [0.2, 0.25) is 0 Å². The molecule has 0 fully saturated rings. The number of para-hydroxylation sites is 1. The fourth-order valence-corrected chi connectivity index (χ4v) is 2.47. The molecule has 1 heterocycles. The third-order valence-corrected chi connectivity index (χ3v) is 3.54. The van der Waals surface area contributed by atoms with E-state index >= 15 is 0 Å². The Morgan fingerprint density at radius 2 is 2.05 bits per heavy atom. The molecule has 1 amide bonds. The van der Waals surface area contributed by atoms with Crippen molar-refractivity contribution in [2.24, 2.45) is 0 Å². The predicted octanol–water partition coefficient (Wildman–Crippen LogP) is 1.83. The van der Waals surface area contributed by atoms with E-state index in [1.807, 2.05) is 35.8 Å². The Morgan fingerprint density at radius 3 is 2.68 bits per heavy atom. The summed E-state index contributed by atoms with van der Waals surface area (Å²) in [5.74, 6) is -1.33. The highest BCUT2D eigenvalue weighted by atomic mass is 16.5. The monoisotopic (exact) mass is 304 g/mol. The van der Waals surface area contributed by atoms with Crippen molar-refractivity contribution in [3.05, 3.63) is 36.0 Å². The topological polar surface area (TPSA) is 71.8 Å². The van der Waals surface area contributed by atoms with Crippen LogP contribution in [0.3, 0.4) is 0 Å². The molecule has 0 aliphatic carbocycles. The van der Waals surface area contributed by atoms with Gasteiger partial charge in [-0.25, -0.2) is 0 Å². The molecule has 0 unspecified atom stereocenters. The van der Waals surface area contributed by atoms with Crippen LogP contribution in [0.15, 0.2) is 30.5 Å². The number of carboxylic acids is 1. The van der Waals surface area contributed by atoms with Gasteiger partial charge in [0.05, 0.1) is 12.2 Å². The zero-order chi connectivity index (χ0) is 16.1. The Kier molecular flexibility index (Phi) is 5.16. The zero-order valence-corrected chi connectivity index (χ0v) is 12.8. The van der Waals surface area contributed by atoms with Gasteiger partial charge in [0.15, 0.2) is 0 Å². The molecule has 0 atom stereocenters. The first kappa shape index (κ1) is 16.0. The number of amides is 1. The molecule has 0 saturated heterocycles. The van der Waals surface area contributed by atoms with Gasteiger partial charge in [-0.1, -0.05) is 18.2 Å². The Hall–Kier alpha value is -2.34. The molecule has 1 N–H and O–H groups in total. The van der Waals surface area contributed by atoms with E-state index in [0.717, 1.165) is 17.4 Å². The van der Waals surface area contributed by atoms with Gasteiger partial charge in [-0.15, -0.1) is 0 Å². The molecular weight excluding hydrogens is 284 g/mol. The van der Waals surface area contributed by atoms with Crippen LogP contribution in [0.4, 0.5) is 0 Å². The van der Waals surface area contributed by atoms with Crippen LogP contribution in [0.5, 0.6) is 0 Å². The summed E-state index contributed by atoms with van der Waals surface area (Å²) in [5, 5.41) is 9.84. The molecule has 1 aromatic carbocycles. The number of rotatable bonds is 7. The Morgan fingerprint density at radius 1 is 1.32 bits per heavy atom. The number of methoxy groups -OCH3 is 1. The highest BCUT2D eigenvalue weighted by Gasteiger charge is 2.22. The number of hydrogen-bond donors (Lipinski definition) is 1. The average molecular weight is 304 g/mol. The maximum atomic E-state index is 12.7. The Labute approximate surface area is 128 Å². The molecule has 22 heavy (non-hydrogen) atoms. The van der Waals surface area contributed by atoms with Gasteiger partial charge in [0.25, 0.3) is 5.91 Å². The number of aryl methyl sites for hydroxylation is 1. The predicted molar refractivity (Wildman–Crippen MR) is 83.0 cm³/mol. The molecule has 0 spiro atoms. The average Bonchev–Trinajstić information content (AvgIpc) is 2.89. The van der Waals surface area contributed by atoms with E-state index < -0.39 is 5.97 Å². The Bertz CT molecular complexity index is 678. The standard InChI is InChI=1S/C16H20N2O4/c1-3-17-10-13(12-6-4-5-7-14(12)17)16(21)18(8-9-22-2)11-15(19)20/h4-7,10H,3,8-9,11H2,1-2H3,(H,19,20). The molecule has 0 aliphatic rings. The fourth-order valence-electron chi connectivity index (χ4n) is 2.47. The third kappa shape index (κ3) is 3.28. The molecule has 0 radical (unpaired) electrons. The van der Waals surface area contributed by atoms with Crippen molar-refractivity contribution in [1.82, 2.24) is 9.47 Å². The van der Waals surface area contributed by atoms with Crippen LogP contribution in [0.1, 0.15) is 17.3 Å². The lowest BCUT2D eigenvalue weighted by atomic mass is 10.1. The molecule has 0 bridgehead atoms. The van der Waals surface area contributed by atoms with E-state index in [0.29, 0.717) is 12.2 Å². The van der Waals surface area contributed by atoms with Crippen molar-refractivity contribution in [2.75, 3.05) is 26.8 Å². The number of carbonyl (C=O) groups excluding carboxylic acids is 1. The number of benzene rings is 1. The largest absolute Gasteiger partial charge is 0.480 e. The summed E-state index contributed by atoms with van der Waals surface area (Å²) in [5.41, 5.74) is 1.49. The summed E-state index contributed by atoms with van der Waals surface area (Å²) in [7, 11) is 1.52. The third-order valence-electron chi connectivity index (χ3n) is 3.54. The minimum Gasteiger partial charge on any atom is -0.480 e. The SMILES string of the molecule is CCn1cc(C(=O)N(CCOC)CC(=O)O)c2ccccc21. The summed E-state index contributed by atoms with van der Waals surface area (Å²) in [6.07, 6.45) is 1.79. The van der Waals surface area contributed by atoms with Gasteiger partial charge in [-0.2, -0.15) is 0 Å². The van der Waals surface area contributed by atoms with Gasteiger partial charge in [-0.05, 0) is 13.0 Å². The lowest BCUT2D eigenvalue weighted by Gasteiger charge is -2.19. The van der Waals surface area contributed by atoms with Crippen molar-refractivity contribution < 1.29 is 19.4 Å². The molecule has 2 aromatic rings. The fraction of sp³-hybridized carbons (Fsp3) is 0.375. The van der Waals surface area contributed by atoms with E-state index in [9.17, 15) is 9.59 Å². The quantitative estimate of drug-likeness (QED) is 0.847. The van der Waals surface area contributed by atoms with Gasteiger partial charge < -0.3 is 19.3 Å². The Balaban J connectivity index is 2.39. The van der Waals surface area contributed by atoms with Crippen molar-refractivity contribution in [3.63, 3.8) is 0 Å². The van der Waals surface area contributed by atoms with Gasteiger partial charge in [0, 0.05) is 37.3 Å². The second kappa shape index (κ2) is 7.09. The smallest absolute Gasteiger partial charge is 0.323 e. The number of hydrogen-bond acceptors (Lipinski definition) is 3. The number of aromatic nitrogens is 1. The first-order valence-electron chi connectivity index (χ1n) is 7.16. The molecular formula is C16H20N2O4. The van der Waals surface area contributed by atoms with E-state index in [4.69, 9.17) is 9.84 Å². The molecule has 0 saturated carbocycles. The van der Waals surface area contributed by atoms with Crippen LogP contribution in [0.25, 0.3) is 10.9 Å². The number of fused-ring (bicyclic) bond motifs is 1. The van der Waals surface area contributed by atoms with Crippen molar-refractivity contribution in [3.8, 4) is 0 Å². The summed E-state index contributed by atoms with van der Waals surface area (Å²) < 4.78 is 6.95. The molecule has 118 valence electrons. The summed E-state index contributed by atoms with van der Waals surface area (Å²) >= 11 is 0. The second-order valence-corrected chi connectivity index (χ2v) is 4.96. The van der Waals surface area contributed by atoms with Crippen LogP contribution in [-0.2, 0) is 16.1 Å². The summed E-state index contributed by atoms with van der Waals surface area (Å²) in [4.78, 5) is 25.0. The molecule has 6 heteroatoms. The number of nitrogens with zero attached hydrogens (tertiary/aromatic N) is 2. The maximum absolute atomic E-state index is 12.7. The first-order valence-corrected chi connectivity index (χ1v) is 7.16. The van der Waals surface area contributed by atoms with Crippen molar-refractivity contribution in [1.29, 1.82) is 0 Å². The molecule has 2 rings (SSSR count). The number of carboxylic acid groups (broad SMARTS) is 1. The lowest BCUT2D eigenvalue weighted by molar-refractivity contribution is -0.137. The van der Waals surface area contributed by atoms with E-state index in [1.54, 1.807) is 6.20 Å². The van der Waals surface area contributed by atoms with Gasteiger partial charge in [0.1, 0.15) is 6.54 Å². The minimum absolute atomic E-state index is 0.243. The summed E-state index contributed by atoms with van der Waals surface area (Å²) in [6.45, 7) is 2.94. The minimum atomic E-state index is -1.04. The van der Waals surface area contributed by atoms with Gasteiger partial charge >= 0.3 is 5.97 Å². The maximum Gasteiger partial charge on any atom is 0.323 e.